The Morgan fingerprint density at radius 2 is 1.30 bits per heavy atom. The number of ketones is 3. The molecule has 12 heteroatoms. The summed E-state index contributed by atoms with van der Waals surface area (Å²) < 4.78 is 18.2. The Kier molecular flexibility index (Phi) is 10.3. The van der Waals surface area contributed by atoms with E-state index in [-0.39, 0.29) is 48.2 Å². The standard InChI is InChI=1S/C48H44N4O8/c49-35-22-36(52(23-28-13-5-1-6-14-28)24-29-15-7-2-8-16-29)43(58-26-30-17-9-3-10-18-30)37-33(35)21-32-34(25-53)40-41(50)44-39(46(56)48(40,57)45(55)38(32)42(37)54)47(51-60-44)59-27-31-19-11-4-12-20-31/h1-20,22,32,34,38,40-41,53,57H,21,23-27,49-50H2. The van der Waals surface area contributed by atoms with Gasteiger partial charge in [0.25, 0.3) is 5.88 Å². The van der Waals surface area contributed by atoms with Crippen LogP contribution in [0.1, 0.15) is 60.3 Å². The lowest BCUT2D eigenvalue weighted by molar-refractivity contribution is -0.160. The zero-order valence-electron chi connectivity index (χ0n) is 32.6. The molecular weight excluding hydrogens is 761 g/mol. The van der Waals surface area contributed by atoms with Crippen molar-refractivity contribution in [1.29, 1.82) is 0 Å². The maximum atomic E-state index is 15.4. The van der Waals surface area contributed by atoms with E-state index in [9.17, 15) is 15.0 Å². The molecule has 3 aliphatic rings. The van der Waals surface area contributed by atoms with Gasteiger partial charge in [0.15, 0.2) is 28.7 Å². The topological polar surface area (TPSA) is 191 Å². The summed E-state index contributed by atoms with van der Waals surface area (Å²) in [4.78, 5) is 47.1. The van der Waals surface area contributed by atoms with Crippen LogP contribution in [0.15, 0.2) is 132 Å². The van der Waals surface area contributed by atoms with Crippen LogP contribution in [0.3, 0.4) is 0 Å². The summed E-state index contributed by atoms with van der Waals surface area (Å²) in [5.74, 6) is -7.55. The molecule has 0 saturated heterocycles. The maximum Gasteiger partial charge on any atom is 0.265 e. The van der Waals surface area contributed by atoms with Gasteiger partial charge < -0.3 is 40.6 Å². The van der Waals surface area contributed by atoms with E-state index in [4.69, 9.17) is 25.5 Å². The number of carbonyl (C=O) groups excluding carboxylic acids is 3. The second kappa shape index (κ2) is 15.9. The van der Waals surface area contributed by atoms with Gasteiger partial charge in [-0.2, -0.15) is 0 Å². The van der Waals surface area contributed by atoms with Crippen molar-refractivity contribution in [1.82, 2.24) is 5.16 Å². The fourth-order valence-corrected chi connectivity index (χ4v) is 9.47. The lowest BCUT2D eigenvalue weighted by atomic mass is 9.50. The van der Waals surface area contributed by atoms with Crippen LogP contribution in [0.2, 0.25) is 0 Å². The van der Waals surface area contributed by atoms with Crippen molar-refractivity contribution in [3.8, 4) is 11.6 Å². The molecule has 0 aliphatic heterocycles. The van der Waals surface area contributed by atoms with E-state index in [2.05, 4.69) is 10.1 Å². The number of nitrogen functional groups attached to an aromatic ring is 1. The molecule has 6 aromatic rings. The van der Waals surface area contributed by atoms with Gasteiger partial charge in [-0.15, -0.1) is 0 Å². The molecule has 0 amide bonds. The number of hydrogen-bond donors (Lipinski definition) is 4. The molecule has 1 heterocycles. The number of aromatic nitrogens is 1. The normalized spacial score (nSPS) is 22.9. The Labute approximate surface area is 346 Å². The zero-order valence-corrected chi connectivity index (χ0v) is 32.6. The number of aliphatic hydroxyl groups excluding tert-OH is 1. The Hall–Kier alpha value is -6.60. The van der Waals surface area contributed by atoms with Gasteiger partial charge in [0.1, 0.15) is 18.8 Å². The van der Waals surface area contributed by atoms with Crippen LogP contribution in [0.25, 0.3) is 0 Å². The van der Waals surface area contributed by atoms with Crippen LogP contribution in [0.5, 0.6) is 11.6 Å². The van der Waals surface area contributed by atoms with Crippen molar-refractivity contribution < 1.29 is 38.6 Å². The van der Waals surface area contributed by atoms with Crippen LogP contribution in [-0.2, 0) is 37.5 Å². The second-order valence-corrected chi connectivity index (χ2v) is 15.8. The molecule has 1 aromatic heterocycles. The van der Waals surface area contributed by atoms with Gasteiger partial charge in [-0.3, -0.25) is 14.4 Å². The SMILES string of the molecule is Nc1cc(N(Cc2ccccc2)Cc2ccccc2)c(OCc2ccccc2)c2c1CC1C(C2=O)C(=O)C2(O)C(=O)c3c(OCc4ccccc4)noc3C(N)C2C1CO. The number of hydrogen-bond acceptors (Lipinski definition) is 12. The molecular formula is C48H44N4O8. The fourth-order valence-electron chi connectivity index (χ4n) is 9.47. The highest BCUT2D eigenvalue weighted by molar-refractivity contribution is 6.27. The first-order chi connectivity index (χ1) is 29.2. The number of anilines is 2. The lowest BCUT2D eigenvalue weighted by Crippen LogP contribution is -2.69. The summed E-state index contributed by atoms with van der Waals surface area (Å²) in [6.45, 7) is 0.349. The molecule has 6 N–H and O–H groups in total. The molecule has 6 atom stereocenters. The summed E-state index contributed by atoms with van der Waals surface area (Å²) in [5.41, 5.74) is 15.7. The molecule has 0 spiro atoms. The average Bonchev–Trinajstić information content (AvgIpc) is 3.71. The Bertz CT molecular complexity index is 2510. The Balaban J connectivity index is 1.15. The minimum Gasteiger partial charge on any atom is -0.486 e. The molecule has 5 aromatic carbocycles. The maximum absolute atomic E-state index is 15.4. The third kappa shape index (κ3) is 6.62. The highest BCUT2D eigenvalue weighted by Gasteiger charge is 2.69. The summed E-state index contributed by atoms with van der Waals surface area (Å²) in [6, 6.07) is 39.0. The molecule has 1 saturated carbocycles. The van der Waals surface area contributed by atoms with Gasteiger partial charge in [0.05, 0.1) is 23.2 Å². The Morgan fingerprint density at radius 3 is 1.85 bits per heavy atom. The first kappa shape index (κ1) is 38.9. The molecule has 0 radical (unpaired) electrons. The number of ether oxygens (including phenoxy) is 2. The lowest BCUT2D eigenvalue weighted by Gasteiger charge is -2.53. The highest BCUT2D eigenvalue weighted by atomic mass is 16.5. The van der Waals surface area contributed by atoms with E-state index in [0.717, 1.165) is 22.3 Å². The zero-order chi connectivity index (χ0) is 41.5. The van der Waals surface area contributed by atoms with Crippen molar-refractivity contribution in [3.63, 3.8) is 0 Å². The molecule has 304 valence electrons. The number of aliphatic hydroxyl groups is 2. The van der Waals surface area contributed by atoms with Gasteiger partial charge in [-0.1, -0.05) is 121 Å². The number of nitrogens with zero attached hydrogens (tertiary/aromatic N) is 2. The number of fused-ring (bicyclic) bond motifs is 4. The first-order valence-corrected chi connectivity index (χ1v) is 20.0. The first-order valence-electron chi connectivity index (χ1n) is 20.0. The van der Waals surface area contributed by atoms with Crippen LogP contribution >= 0.6 is 0 Å². The van der Waals surface area contributed by atoms with Gasteiger partial charge in [-0.25, -0.2) is 0 Å². The summed E-state index contributed by atoms with van der Waals surface area (Å²) in [5, 5.41) is 27.6. The number of rotatable bonds is 12. The number of nitrogens with two attached hydrogens (primary N) is 2. The van der Waals surface area contributed by atoms with Gasteiger partial charge >= 0.3 is 0 Å². The van der Waals surface area contributed by atoms with E-state index >= 15 is 9.59 Å². The Morgan fingerprint density at radius 1 is 0.767 bits per heavy atom. The van der Waals surface area contributed by atoms with Crippen molar-refractivity contribution in [2.75, 3.05) is 17.2 Å². The van der Waals surface area contributed by atoms with E-state index in [1.54, 1.807) is 6.07 Å². The van der Waals surface area contributed by atoms with Gasteiger partial charge in [-0.05, 0) is 57.3 Å². The van der Waals surface area contributed by atoms with Gasteiger partial charge in [0.2, 0.25) is 5.78 Å². The molecule has 60 heavy (non-hydrogen) atoms. The summed E-state index contributed by atoms with van der Waals surface area (Å²) in [7, 11) is 0. The van der Waals surface area contributed by atoms with E-state index < -0.39 is 59.3 Å². The second-order valence-electron chi connectivity index (χ2n) is 15.8. The number of Topliss-reactive ketones (excluding diaryl/α,β-unsaturated/α-hetero) is 3. The van der Waals surface area contributed by atoms with Crippen molar-refractivity contribution in [2.24, 2.45) is 29.4 Å². The van der Waals surface area contributed by atoms with E-state index in [0.29, 0.717) is 30.0 Å². The average molecular weight is 805 g/mol. The minimum atomic E-state index is -2.81. The van der Waals surface area contributed by atoms with E-state index in [1.165, 1.54) is 0 Å². The summed E-state index contributed by atoms with van der Waals surface area (Å²) in [6.07, 6.45) is 0.0656. The smallest absolute Gasteiger partial charge is 0.265 e. The predicted octanol–water partition coefficient (Wildman–Crippen LogP) is 6.03. The van der Waals surface area contributed by atoms with Crippen molar-refractivity contribution >= 4 is 28.7 Å². The molecule has 6 unspecified atom stereocenters. The largest absolute Gasteiger partial charge is 0.486 e. The molecule has 1 fully saturated rings. The van der Waals surface area contributed by atoms with Crippen LogP contribution < -0.4 is 25.8 Å². The minimum absolute atomic E-state index is 0.0123. The van der Waals surface area contributed by atoms with Crippen molar-refractivity contribution in [3.05, 3.63) is 172 Å². The van der Waals surface area contributed by atoms with E-state index in [1.807, 2.05) is 121 Å². The quantitative estimate of drug-likeness (QED) is 0.0832. The highest BCUT2D eigenvalue weighted by Crippen LogP contribution is 2.57. The molecule has 0 bridgehead atoms. The summed E-state index contributed by atoms with van der Waals surface area (Å²) >= 11 is 0. The third-order valence-corrected chi connectivity index (χ3v) is 12.3. The predicted molar refractivity (Wildman–Crippen MR) is 222 cm³/mol. The molecule has 9 rings (SSSR count). The molecule has 3 aliphatic carbocycles. The van der Waals surface area contributed by atoms with Crippen LogP contribution in [0.4, 0.5) is 11.4 Å². The third-order valence-electron chi connectivity index (χ3n) is 12.3. The van der Waals surface area contributed by atoms with Gasteiger partial charge in [0, 0.05) is 31.3 Å². The monoisotopic (exact) mass is 804 g/mol. The fraction of sp³-hybridized carbons (Fsp3) is 0.250. The molecule has 12 nitrogen and oxygen atoms in total. The number of benzene rings is 5. The van der Waals surface area contributed by atoms with Crippen LogP contribution in [0, 0.1) is 23.7 Å². The number of carbonyl (C=O) groups is 3. The van der Waals surface area contributed by atoms with Crippen LogP contribution in [-0.4, -0.2) is 44.9 Å². The van der Waals surface area contributed by atoms with Crippen molar-refractivity contribution in [2.45, 2.75) is 44.4 Å².